The molecule has 5 nitrogen and oxygen atoms in total. The average Bonchev–Trinajstić information content (AvgIpc) is 2.54. The molecule has 1 aliphatic rings. The van der Waals surface area contributed by atoms with E-state index in [0.29, 0.717) is 18.1 Å². The molecule has 0 heterocycles. The zero-order valence-corrected chi connectivity index (χ0v) is 14.7. The van der Waals surface area contributed by atoms with Crippen LogP contribution in [-0.4, -0.2) is 17.7 Å². The van der Waals surface area contributed by atoms with E-state index in [9.17, 15) is 22.8 Å². The van der Waals surface area contributed by atoms with Gasteiger partial charge in [-0.3, -0.25) is 0 Å². The van der Waals surface area contributed by atoms with E-state index in [1.807, 2.05) is 5.48 Å². The van der Waals surface area contributed by atoms with Gasteiger partial charge in [-0.05, 0) is 57.6 Å². The number of hydrogen-bond acceptors (Lipinski definition) is 4. The first-order valence-corrected chi connectivity index (χ1v) is 8.10. The van der Waals surface area contributed by atoms with Gasteiger partial charge in [0, 0.05) is 11.6 Å². The summed E-state index contributed by atoms with van der Waals surface area (Å²) in [6.45, 7) is 4.99. The Kier molecular flexibility index (Phi) is 5.94. The summed E-state index contributed by atoms with van der Waals surface area (Å²) in [5.41, 5.74) is 1.54. The number of hydroxylamine groups is 1. The maximum atomic E-state index is 13.8. The molecule has 2 rings (SSSR count). The third-order valence-electron chi connectivity index (χ3n) is 3.78. The topological polar surface area (TPSA) is 64.6 Å². The lowest BCUT2D eigenvalue weighted by molar-refractivity contribution is -0.146. The Balaban J connectivity index is 1.94. The van der Waals surface area contributed by atoms with Crippen LogP contribution in [0.2, 0.25) is 0 Å². The first kappa shape index (κ1) is 19.8. The molecule has 0 saturated heterocycles. The zero-order valence-electron chi connectivity index (χ0n) is 14.7. The molecule has 0 radical (unpaired) electrons. The minimum absolute atomic E-state index is 0.0689. The summed E-state index contributed by atoms with van der Waals surface area (Å²) in [4.78, 5) is 28.0. The largest absolute Gasteiger partial charge is 0.442 e. The lowest BCUT2D eigenvalue weighted by atomic mass is 9.84. The molecule has 0 bridgehead atoms. The van der Waals surface area contributed by atoms with Crippen LogP contribution in [0.4, 0.5) is 18.0 Å². The van der Waals surface area contributed by atoms with E-state index in [1.165, 1.54) is 6.08 Å². The normalized spacial score (nSPS) is 17.3. The first-order valence-electron chi connectivity index (χ1n) is 8.10. The van der Waals surface area contributed by atoms with Gasteiger partial charge in [-0.2, -0.15) is 0 Å². The number of benzene rings is 1. The summed E-state index contributed by atoms with van der Waals surface area (Å²) >= 11 is 0. The van der Waals surface area contributed by atoms with Crippen LogP contribution >= 0.6 is 0 Å². The van der Waals surface area contributed by atoms with Gasteiger partial charge >= 0.3 is 12.1 Å². The van der Waals surface area contributed by atoms with E-state index in [1.54, 1.807) is 20.8 Å². The molecule has 1 aromatic carbocycles. The molecule has 1 amide bonds. The van der Waals surface area contributed by atoms with Gasteiger partial charge in [0.25, 0.3) is 0 Å². The SMILES string of the molecule is CC(C)(C)OC(=O)NOC(=O)C1=CC[C@@H](c2cc(F)c(F)cc2F)CC1. The van der Waals surface area contributed by atoms with Crippen molar-refractivity contribution < 1.29 is 32.3 Å². The monoisotopic (exact) mass is 371 g/mol. The maximum absolute atomic E-state index is 13.8. The molecule has 1 aromatic rings. The second-order valence-corrected chi connectivity index (χ2v) is 6.98. The van der Waals surface area contributed by atoms with Gasteiger partial charge in [0.05, 0.1) is 0 Å². The number of hydrogen-bond donors (Lipinski definition) is 1. The van der Waals surface area contributed by atoms with Crippen LogP contribution in [0, 0.1) is 17.5 Å². The minimum Gasteiger partial charge on any atom is -0.442 e. The van der Waals surface area contributed by atoms with Crippen molar-refractivity contribution in [3.8, 4) is 0 Å². The molecule has 0 fully saturated rings. The Morgan fingerprint density at radius 3 is 2.35 bits per heavy atom. The van der Waals surface area contributed by atoms with E-state index in [2.05, 4.69) is 4.84 Å². The Hall–Kier alpha value is -2.51. The summed E-state index contributed by atoms with van der Waals surface area (Å²) in [6.07, 6.45) is 1.50. The van der Waals surface area contributed by atoms with Crippen LogP contribution in [0.3, 0.4) is 0 Å². The molecule has 0 spiro atoms. The lowest BCUT2D eigenvalue weighted by Gasteiger charge is -2.22. The molecule has 1 N–H and O–H groups in total. The van der Waals surface area contributed by atoms with Gasteiger partial charge < -0.3 is 9.57 Å². The fraction of sp³-hybridized carbons (Fsp3) is 0.444. The van der Waals surface area contributed by atoms with Crippen molar-refractivity contribution in [3.05, 3.63) is 46.8 Å². The first-order chi connectivity index (χ1) is 12.1. The Bertz CT molecular complexity index is 741. The smallest absolute Gasteiger partial charge is 0.441 e. The predicted octanol–water partition coefficient (Wildman–Crippen LogP) is 4.28. The average molecular weight is 371 g/mol. The molecule has 0 saturated carbocycles. The number of nitrogens with one attached hydrogen (secondary N) is 1. The highest BCUT2D eigenvalue weighted by molar-refractivity contribution is 5.89. The molecule has 1 atom stereocenters. The molecule has 142 valence electrons. The van der Waals surface area contributed by atoms with E-state index < -0.39 is 35.1 Å². The van der Waals surface area contributed by atoms with Gasteiger partial charge in [0.2, 0.25) is 0 Å². The van der Waals surface area contributed by atoms with Crippen LogP contribution in [0.25, 0.3) is 0 Å². The number of carbonyl (C=O) groups is 2. The lowest BCUT2D eigenvalue weighted by Crippen LogP contribution is -2.34. The molecular weight excluding hydrogens is 351 g/mol. The Morgan fingerprint density at radius 2 is 1.77 bits per heavy atom. The third kappa shape index (κ3) is 5.24. The van der Waals surface area contributed by atoms with Gasteiger partial charge in [0.15, 0.2) is 11.6 Å². The highest BCUT2D eigenvalue weighted by Crippen LogP contribution is 2.34. The van der Waals surface area contributed by atoms with Crippen LogP contribution in [-0.2, 0) is 14.4 Å². The quantitative estimate of drug-likeness (QED) is 0.623. The molecule has 0 aliphatic heterocycles. The number of rotatable bonds is 2. The van der Waals surface area contributed by atoms with E-state index >= 15 is 0 Å². The number of halogens is 3. The van der Waals surface area contributed by atoms with Gasteiger partial charge in [-0.15, -0.1) is 5.48 Å². The van der Waals surface area contributed by atoms with Gasteiger partial charge in [-0.25, -0.2) is 22.8 Å². The van der Waals surface area contributed by atoms with Crippen LogP contribution in [0.1, 0.15) is 51.5 Å². The Morgan fingerprint density at radius 1 is 1.12 bits per heavy atom. The minimum atomic E-state index is -1.24. The van der Waals surface area contributed by atoms with Crippen molar-refractivity contribution in [1.29, 1.82) is 0 Å². The molecule has 1 aliphatic carbocycles. The summed E-state index contributed by atoms with van der Waals surface area (Å²) < 4.78 is 45.1. The van der Waals surface area contributed by atoms with Crippen molar-refractivity contribution in [2.24, 2.45) is 0 Å². The van der Waals surface area contributed by atoms with Crippen molar-refractivity contribution in [1.82, 2.24) is 5.48 Å². The van der Waals surface area contributed by atoms with Crippen molar-refractivity contribution >= 4 is 12.1 Å². The van der Waals surface area contributed by atoms with Crippen molar-refractivity contribution in [2.75, 3.05) is 0 Å². The second kappa shape index (κ2) is 7.80. The third-order valence-corrected chi connectivity index (χ3v) is 3.78. The Labute approximate surface area is 149 Å². The summed E-state index contributed by atoms with van der Waals surface area (Å²) in [5.74, 6) is -4.30. The highest BCUT2D eigenvalue weighted by atomic mass is 19.2. The second-order valence-electron chi connectivity index (χ2n) is 6.98. The fourth-order valence-corrected chi connectivity index (χ4v) is 2.61. The van der Waals surface area contributed by atoms with Gasteiger partial charge in [-0.1, -0.05) is 6.08 Å². The predicted molar refractivity (Wildman–Crippen MR) is 86.5 cm³/mol. The number of allylic oxidation sites excluding steroid dienone is 1. The van der Waals surface area contributed by atoms with Crippen LogP contribution in [0.5, 0.6) is 0 Å². The molecular formula is C18H20F3NO4. The highest BCUT2D eigenvalue weighted by Gasteiger charge is 2.25. The standard InChI is InChI=1S/C18H20F3NO4/c1-18(2,3)25-17(24)22-26-16(23)11-6-4-10(5-7-11)12-8-14(20)15(21)9-13(12)19/h6,8-10H,4-5,7H2,1-3H3,(H,22,24)/t10-/m1/s1. The number of carbonyl (C=O) groups excluding carboxylic acids is 2. The molecule has 0 unspecified atom stereocenters. The van der Waals surface area contributed by atoms with Crippen LogP contribution in [0.15, 0.2) is 23.8 Å². The van der Waals surface area contributed by atoms with Crippen molar-refractivity contribution in [2.45, 2.75) is 51.6 Å². The van der Waals surface area contributed by atoms with E-state index in [-0.39, 0.29) is 24.3 Å². The zero-order chi connectivity index (χ0) is 19.5. The molecule has 0 aromatic heterocycles. The van der Waals surface area contributed by atoms with Gasteiger partial charge in [0.1, 0.15) is 11.4 Å². The number of amides is 1. The van der Waals surface area contributed by atoms with E-state index in [0.717, 1.165) is 6.07 Å². The van der Waals surface area contributed by atoms with E-state index in [4.69, 9.17) is 4.74 Å². The molecule has 26 heavy (non-hydrogen) atoms. The van der Waals surface area contributed by atoms with Crippen molar-refractivity contribution in [3.63, 3.8) is 0 Å². The maximum Gasteiger partial charge on any atom is 0.441 e. The van der Waals surface area contributed by atoms with Crippen LogP contribution < -0.4 is 5.48 Å². The molecule has 8 heteroatoms. The summed E-state index contributed by atoms with van der Waals surface area (Å²) in [5, 5.41) is 0. The fourth-order valence-electron chi connectivity index (χ4n) is 2.61. The summed E-state index contributed by atoms with van der Waals surface area (Å²) in [7, 11) is 0. The summed E-state index contributed by atoms with van der Waals surface area (Å²) in [6, 6.07) is 1.36. The number of ether oxygens (including phenoxy) is 1.